The van der Waals surface area contributed by atoms with E-state index in [1.165, 1.54) is 31.4 Å². The van der Waals surface area contributed by atoms with Gasteiger partial charge < -0.3 is 10.4 Å². The van der Waals surface area contributed by atoms with E-state index in [-0.39, 0.29) is 6.10 Å². The molecule has 96 valence electrons. The standard InChI is InChI=1S/C13H27NOS/c1-3-16-10-11(2)14-9-13(15)8-12-6-4-5-7-12/h11-15H,3-10H2,1-2H3. The first-order valence-electron chi connectivity index (χ1n) is 6.71. The van der Waals surface area contributed by atoms with Gasteiger partial charge in [0.1, 0.15) is 0 Å². The van der Waals surface area contributed by atoms with Gasteiger partial charge in [-0.25, -0.2) is 0 Å². The highest BCUT2D eigenvalue weighted by Gasteiger charge is 2.18. The van der Waals surface area contributed by atoms with Crippen molar-refractivity contribution in [2.24, 2.45) is 5.92 Å². The van der Waals surface area contributed by atoms with E-state index in [4.69, 9.17) is 0 Å². The quantitative estimate of drug-likeness (QED) is 0.689. The van der Waals surface area contributed by atoms with Gasteiger partial charge in [-0.3, -0.25) is 0 Å². The largest absolute Gasteiger partial charge is 0.392 e. The zero-order valence-electron chi connectivity index (χ0n) is 10.7. The fourth-order valence-electron chi connectivity index (χ4n) is 2.40. The highest BCUT2D eigenvalue weighted by atomic mass is 32.2. The maximum absolute atomic E-state index is 9.91. The van der Waals surface area contributed by atoms with Crippen LogP contribution in [0.2, 0.25) is 0 Å². The summed E-state index contributed by atoms with van der Waals surface area (Å²) in [6, 6.07) is 0.517. The Kier molecular flexibility index (Phi) is 7.50. The maximum atomic E-state index is 9.91. The van der Waals surface area contributed by atoms with Gasteiger partial charge in [0.15, 0.2) is 0 Å². The second-order valence-corrected chi connectivity index (χ2v) is 6.33. The lowest BCUT2D eigenvalue weighted by molar-refractivity contribution is 0.138. The van der Waals surface area contributed by atoms with Crippen molar-refractivity contribution in [2.45, 2.75) is 58.1 Å². The topological polar surface area (TPSA) is 32.3 Å². The summed E-state index contributed by atoms with van der Waals surface area (Å²) in [7, 11) is 0. The van der Waals surface area contributed by atoms with Gasteiger partial charge in [-0.15, -0.1) is 0 Å². The van der Waals surface area contributed by atoms with Gasteiger partial charge in [0.2, 0.25) is 0 Å². The summed E-state index contributed by atoms with van der Waals surface area (Å²) in [4.78, 5) is 0. The van der Waals surface area contributed by atoms with Gasteiger partial charge >= 0.3 is 0 Å². The minimum absolute atomic E-state index is 0.142. The summed E-state index contributed by atoms with van der Waals surface area (Å²) >= 11 is 1.96. The molecule has 0 aromatic carbocycles. The Balaban J connectivity index is 2.02. The first kappa shape index (κ1) is 14.3. The molecule has 2 atom stereocenters. The van der Waals surface area contributed by atoms with Crippen molar-refractivity contribution in [1.29, 1.82) is 0 Å². The SMILES string of the molecule is CCSCC(C)NCC(O)CC1CCCC1. The Morgan fingerprint density at radius 3 is 2.69 bits per heavy atom. The minimum Gasteiger partial charge on any atom is -0.392 e. The van der Waals surface area contributed by atoms with E-state index in [1.807, 2.05) is 11.8 Å². The molecule has 0 aromatic heterocycles. The molecule has 0 saturated heterocycles. The maximum Gasteiger partial charge on any atom is 0.0667 e. The predicted molar refractivity (Wildman–Crippen MR) is 73.0 cm³/mol. The van der Waals surface area contributed by atoms with E-state index in [0.717, 1.165) is 24.6 Å². The van der Waals surface area contributed by atoms with Crippen LogP contribution in [0, 0.1) is 5.92 Å². The minimum atomic E-state index is -0.142. The van der Waals surface area contributed by atoms with E-state index >= 15 is 0 Å². The summed E-state index contributed by atoms with van der Waals surface area (Å²) in [5.41, 5.74) is 0. The number of nitrogens with one attached hydrogen (secondary N) is 1. The first-order chi connectivity index (χ1) is 7.72. The molecule has 0 aliphatic heterocycles. The van der Waals surface area contributed by atoms with Crippen LogP contribution < -0.4 is 5.32 Å². The molecule has 0 spiro atoms. The van der Waals surface area contributed by atoms with Crippen molar-refractivity contribution in [3.63, 3.8) is 0 Å². The highest BCUT2D eigenvalue weighted by molar-refractivity contribution is 7.99. The van der Waals surface area contributed by atoms with Crippen LogP contribution in [0.1, 0.15) is 46.0 Å². The summed E-state index contributed by atoms with van der Waals surface area (Å²) in [6.07, 6.45) is 6.26. The number of hydrogen-bond donors (Lipinski definition) is 2. The van der Waals surface area contributed by atoms with Crippen LogP contribution in [-0.2, 0) is 0 Å². The molecule has 0 aromatic rings. The van der Waals surface area contributed by atoms with Crippen molar-refractivity contribution < 1.29 is 5.11 Å². The first-order valence-corrected chi connectivity index (χ1v) is 7.87. The molecule has 2 unspecified atom stereocenters. The molecule has 1 rings (SSSR count). The van der Waals surface area contributed by atoms with Crippen molar-refractivity contribution in [2.75, 3.05) is 18.1 Å². The average molecular weight is 245 g/mol. The van der Waals surface area contributed by atoms with Gasteiger partial charge in [-0.1, -0.05) is 32.6 Å². The number of thioether (sulfide) groups is 1. The zero-order valence-corrected chi connectivity index (χ0v) is 11.6. The normalized spacial score (nSPS) is 21.2. The molecule has 0 amide bonds. The van der Waals surface area contributed by atoms with Gasteiger partial charge in [-0.2, -0.15) is 11.8 Å². The number of aliphatic hydroxyl groups excluding tert-OH is 1. The number of rotatable bonds is 8. The summed E-state index contributed by atoms with van der Waals surface area (Å²) < 4.78 is 0. The lowest BCUT2D eigenvalue weighted by Gasteiger charge is -2.19. The molecule has 0 radical (unpaired) electrons. The third-order valence-electron chi connectivity index (χ3n) is 3.35. The number of aliphatic hydroxyl groups is 1. The zero-order chi connectivity index (χ0) is 11.8. The highest BCUT2D eigenvalue weighted by Crippen LogP contribution is 2.28. The number of hydrogen-bond acceptors (Lipinski definition) is 3. The molecule has 2 nitrogen and oxygen atoms in total. The van der Waals surface area contributed by atoms with Gasteiger partial charge in [0.05, 0.1) is 6.10 Å². The molecule has 0 bridgehead atoms. The van der Waals surface area contributed by atoms with Crippen LogP contribution in [0.25, 0.3) is 0 Å². The fourth-order valence-corrected chi connectivity index (χ4v) is 3.11. The molecule has 2 N–H and O–H groups in total. The molecule has 16 heavy (non-hydrogen) atoms. The predicted octanol–water partition coefficient (Wildman–Crippen LogP) is 2.66. The van der Waals surface area contributed by atoms with Crippen LogP contribution >= 0.6 is 11.8 Å². The molecular formula is C13H27NOS. The second-order valence-electron chi connectivity index (χ2n) is 5.01. The van der Waals surface area contributed by atoms with E-state index in [2.05, 4.69) is 19.2 Å². The molecule has 1 saturated carbocycles. The van der Waals surface area contributed by atoms with Crippen molar-refractivity contribution >= 4 is 11.8 Å². The van der Waals surface area contributed by atoms with Gasteiger partial charge in [0, 0.05) is 18.3 Å². The summed E-state index contributed by atoms with van der Waals surface area (Å²) in [5, 5.41) is 13.3. The Labute approximate surface area is 105 Å². The van der Waals surface area contributed by atoms with E-state index in [9.17, 15) is 5.11 Å². The van der Waals surface area contributed by atoms with Crippen LogP contribution in [0.3, 0.4) is 0 Å². The molecule has 1 fully saturated rings. The van der Waals surface area contributed by atoms with Gasteiger partial charge in [-0.05, 0) is 25.0 Å². The van der Waals surface area contributed by atoms with Gasteiger partial charge in [0.25, 0.3) is 0 Å². The van der Waals surface area contributed by atoms with E-state index in [1.54, 1.807) is 0 Å². The molecular weight excluding hydrogens is 218 g/mol. The van der Waals surface area contributed by atoms with E-state index in [0.29, 0.717) is 6.04 Å². The van der Waals surface area contributed by atoms with Crippen LogP contribution in [0.15, 0.2) is 0 Å². The Morgan fingerprint density at radius 2 is 2.06 bits per heavy atom. The van der Waals surface area contributed by atoms with Crippen molar-refractivity contribution in [3.8, 4) is 0 Å². The third kappa shape index (κ3) is 6.12. The summed E-state index contributed by atoms with van der Waals surface area (Å²) in [6.45, 7) is 5.15. The third-order valence-corrected chi connectivity index (χ3v) is 4.50. The average Bonchev–Trinajstić information content (AvgIpc) is 2.76. The Bertz CT molecular complexity index is 171. The molecule has 3 heteroatoms. The molecule has 1 aliphatic rings. The molecule has 1 aliphatic carbocycles. The monoisotopic (exact) mass is 245 g/mol. The van der Waals surface area contributed by atoms with Crippen LogP contribution in [0.4, 0.5) is 0 Å². The lowest BCUT2D eigenvalue weighted by Crippen LogP contribution is -2.35. The lowest BCUT2D eigenvalue weighted by atomic mass is 10.00. The van der Waals surface area contributed by atoms with Crippen molar-refractivity contribution in [1.82, 2.24) is 5.32 Å². The van der Waals surface area contributed by atoms with Crippen molar-refractivity contribution in [3.05, 3.63) is 0 Å². The molecule has 0 heterocycles. The second kappa shape index (κ2) is 8.37. The summed E-state index contributed by atoms with van der Waals surface area (Å²) in [5.74, 6) is 3.11. The fraction of sp³-hybridized carbons (Fsp3) is 1.00. The van der Waals surface area contributed by atoms with Crippen LogP contribution in [-0.4, -0.2) is 35.3 Å². The van der Waals surface area contributed by atoms with E-state index < -0.39 is 0 Å². The Morgan fingerprint density at radius 1 is 1.38 bits per heavy atom. The Hall–Kier alpha value is 0.270. The van der Waals surface area contributed by atoms with Crippen LogP contribution in [0.5, 0.6) is 0 Å². The smallest absolute Gasteiger partial charge is 0.0667 e.